The molecule has 0 radical (unpaired) electrons. The van der Waals surface area contributed by atoms with Crippen LogP contribution in [0.5, 0.6) is 5.75 Å². The summed E-state index contributed by atoms with van der Waals surface area (Å²) in [6.45, 7) is 4.96. The molecule has 8 nitrogen and oxygen atoms in total. The Morgan fingerprint density at radius 3 is 2.34 bits per heavy atom. The molecule has 0 aliphatic heterocycles. The van der Waals surface area contributed by atoms with Gasteiger partial charge in [0.15, 0.2) is 5.78 Å². The van der Waals surface area contributed by atoms with Crippen molar-refractivity contribution in [2.75, 3.05) is 11.4 Å². The van der Waals surface area contributed by atoms with Crippen molar-refractivity contribution < 1.29 is 18.3 Å². The number of carbonyl (C=O) groups is 1. The quantitative estimate of drug-likeness (QED) is 0.720. The third kappa shape index (κ3) is 4.97. The summed E-state index contributed by atoms with van der Waals surface area (Å²) >= 11 is 0. The van der Waals surface area contributed by atoms with Crippen molar-refractivity contribution in [3.05, 3.63) is 48.5 Å². The largest absolute Gasteiger partial charge is 0.506 e. The summed E-state index contributed by atoms with van der Waals surface area (Å²) in [5.74, 6) is -0.759. The number of para-hydroxylation sites is 1. The van der Waals surface area contributed by atoms with Crippen molar-refractivity contribution in [3.8, 4) is 11.8 Å². The SMILES string of the molecule is CN(c1ccccc1)S(=O)(=O)c1ccc(O)c(N=NC(C#N)C(=O)C(C)(C)C)c1. The maximum Gasteiger partial charge on any atom is 0.264 e. The van der Waals surface area contributed by atoms with Gasteiger partial charge in [0, 0.05) is 12.5 Å². The minimum Gasteiger partial charge on any atom is -0.506 e. The first-order valence-corrected chi connectivity index (χ1v) is 10.1. The van der Waals surface area contributed by atoms with Crippen LogP contribution in [0.15, 0.2) is 63.7 Å². The minimum absolute atomic E-state index is 0.119. The zero-order valence-electron chi connectivity index (χ0n) is 16.6. The number of ketones is 1. The van der Waals surface area contributed by atoms with Crippen LogP contribution in [0.25, 0.3) is 0 Å². The number of Topliss-reactive ketones (excluding diaryl/α,β-unsaturated/α-hetero) is 1. The summed E-state index contributed by atoms with van der Waals surface area (Å²) < 4.78 is 26.9. The van der Waals surface area contributed by atoms with Gasteiger partial charge in [0.2, 0.25) is 6.04 Å². The van der Waals surface area contributed by atoms with Gasteiger partial charge in [0.05, 0.1) is 16.7 Å². The highest BCUT2D eigenvalue weighted by Gasteiger charge is 2.30. The Labute approximate surface area is 170 Å². The van der Waals surface area contributed by atoms with Crippen molar-refractivity contribution in [2.24, 2.45) is 15.6 Å². The summed E-state index contributed by atoms with van der Waals surface area (Å²) in [6, 6.07) is 12.5. The topological polar surface area (TPSA) is 123 Å². The Morgan fingerprint density at radius 1 is 1.17 bits per heavy atom. The molecule has 2 rings (SSSR count). The second-order valence-corrected chi connectivity index (χ2v) is 9.29. The fourth-order valence-corrected chi connectivity index (χ4v) is 3.56. The first kappa shape index (κ1) is 22.0. The predicted molar refractivity (Wildman–Crippen MR) is 109 cm³/mol. The van der Waals surface area contributed by atoms with Crippen LogP contribution in [-0.4, -0.2) is 32.4 Å². The van der Waals surface area contributed by atoms with E-state index in [0.29, 0.717) is 5.69 Å². The van der Waals surface area contributed by atoms with Gasteiger partial charge in [-0.25, -0.2) is 8.42 Å². The normalized spacial score (nSPS) is 13.1. The Hall–Kier alpha value is -3.25. The number of phenols is 1. The highest BCUT2D eigenvalue weighted by Crippen LogP contribution is 2.32. The number of carbonyl (C=O) groups excluding carboxylic acids is 1. The number of hydrogen-bond donors (Lipinski definition) is 1. The minimum atomic E-state index is -3.93. The maximum atomic E-state index is 12.9. The van der Waals surface area contributed by atoms with E-state index in [1.807, 2.05) is 0 Å². The van der Waals surface area contributed by atoms with Gasteiger partial charge in [0.25, 0.3) is 10.0 Å². The Bertz CT molecular complexity index is 1070. The molecule has 0 fully saturated rings. The summed E-state index contributed by atoms with van der Waals surface area (Å²) in [5.41, 5.74) is -0.496. The molecule has 2 aromatic carbocycles. The molecule has 152 valence electrons. The second-order valence-electron chi connectivity index (χ2n) is 7.32. The van der Waals surface area contributed by atoms with Crippen LogP contribution in [-0.2, 0) is 14.8 Å². The van der Waals surface area contributed by atoms with Crippen molar-refractivity contribution in [2.45, 2.75) is 31.7 Å². The molecule has 0 heterocycles. The number of hydrogen-bond acceptors (Lipinski definition) is 7. The van der Waals surface area contributed by atoms with Gasteiger partial charge in [0.1, 0.15) is 11.4 Å². The van der Waals surface area contributed by atoms with Gasteiger partial charge < -0.3 is 5.11 Å². The molecule has 0 saturated carbocycles. The Morgan fingerprint density at radius 2 is 1.79 bits per heavy atom. The molecule has 1 unspecified atom stereocenters. The predicted octanol–water partition coefficient (Wildman–Crippen LogP) is 3.81. The maximum absolute atomic E-state index is 12.9. The first-order valence-electron chi connectivity index (χ1n) is 8.70. The van der Waals surface area contributed by atoms with Crippen LogP contribution in [0, 0.1) is 16.7 Å². The number of nitrogens with zero attached hydrogens (tertiary/aromatic N) is 4. The van der Waals surface area contributed by atoms with E-state index in [1.54, 1.807) is 57.2 Å². The number of benzene rings is 2. The number of phenolic OH excluding ortho intramolecular Hbond substituents is 1. The van der Waals surface area contributed by atoms with E-state index >= 15 is 0 Å². The lowest BCUT2D eigenvalue weighted by atomic mass is 9.87. The first-order chi connectivity index (χ1) is 13.5. The summed E-state index contributed by atoms with van der Waals surface area (Å²) in [5, 5.41) is 26.7. The van der Waals surface area contributed by atoms with E-state index in [9.17, 15) is 23.6 Å². The van der Waals surface area contributed by atoms with Crippen LogP contribution in [0.2, 0.25) is 0 Å². The van der Waals surface area contributed by atoms with E-state index in [-0.39, 0.29) is 16.3 Å². The molecule has 9 heteroatoms. The molecular formula is C20H22N4O4S. The fraction of sp³-hybridized carbons (Fsp3) is 0.300. The van der Waals surface area contributed by atoms with Gasteiger partial charge in [-0.1, -0.05) is 39.0 Å². The highest BCUT2D eigenvalue weighted by molar-refractivity contribution is 7.92. The lowest BCUT2D eigenvalue weighted by molar-refractivity contribution is -0.126. The van der Waals surface area contributed by atoms with Crippen molar-refractivity contribution in [3.63, 3.8) is 0 Å². The second kappa shape index (κ2) is 8.41. The van der Waals surface area contributed by atoms with E-state index < -0.39 is 27.3 Å². The van der Waals surface area contributed by atoms with Crippen LogP contribution in [0.1, 0.15) is 20.8 Å². The summed E-state index contributed by atoms with van der Waals surface area (Å²) in [7, 11) is -2.52. The van der Waals surface area contributed by atoms with Crippen LogP contribution in [0.4, 0.5) is 11.4 Å². The third-order valence-corrected chi connectivity index (χ3v) is 5.90. The Balaban J connectivity index is 2.39. The average Bonchev–Trinajstić information content (AvgIpc) is 2.68. The lowest BCUT2D eigenvalue weighted by Crippen LogP contribution is -2.30. The van der Waals surface area contributed by atoms with Gasteiger partial charge in [-0.15, -0.1) is 0 Å². The zero-order valence-corrected chi connectivity index (χ0v) is 17.4. The summed E-state index contributed by atoms with van der Waals surface area (Å²) in [4.78, 5) is 12.1. The standard InChI is InChI=1S/C20H22N4O4S/c1-20(2,3)19(26)17(13-21)23-22-16-12-15(10-11-18(16)25)29(27,28)24(4)14-8-6-5-7-9-14/h5-12,17,25H,1-4H3. The fourth-order valence-electron chi connectivity index (χ4n) is 2.35. The molecule has 0 aliphatic carbocycles. The molecule has 0 spiro atoms. The molecule has 0 amide bonds. The molecule has 1 atom stereocenters. The van der Waals surface area contributed by atoms with Crippen LogP contribution < -0.4 is 4.31 Å². The number of nitriles is 1. The van der Waals surface area contributed by atoms with E-state index in [0.717, 1.165) is 10.4 Å². The van der Waals surface area contributed by atoms with Crippen LogP contribution >= 0.6 is 0 Å². The number of anilines is 1. The Kier molecular flexibility index (Phi) is 6.39. The van der Waals surface area contributed by atoms with Gasteiger partial charge in [-0.2, -0.15) is 15.5 Å². The van der Waals surface area contributed by atoms with Crippen molar-refractivity contribution in [1.82, 2.24) is 0 Å². The number of rotatable bonds is 6. The van der Waals surface area contributed by atoms with Gasteiger partial charge in [-0.3, -0.25) is 9.10 Å². The third-order valence-electron chi connectivity index (χ3n) is 4.12. The lowest BCUT2D eigenvalue weighted by Gasteiger charge is -2.19. The van der Waals surface area contributed by atoms with Gasteiger partial charge in [-0.05, 0) is 30.3 Å². The molecular weight excluding hydrogens is 392 g/mol. The number of aromatic hydroxyl groups is 1. The molecule has 0 aliphatic rings. The molecule has 0 bridgehead atoms. The smallest absolute Gasteiger partial charge is 0.264 e. The van der Waals surface area contributed by atoms with E-state index in [2.05, 4.69) is 10.2 Å². The van der Waals surface area contributed by atoms with Gasteiger partial charge >= 0.3 is 0 Å². The summed E-state index contributed by atoms with van der Waals surface area (Å²) in [6.07, 6.45) is 0. The van der Waals surface area contributed by atoms with Crippen molar-refractivity contribution >= 4 is 27.2 Å². The van der Waals surface area contributed by atoms with E-state index in [1.165, 1.54) is 19.2 Å². The number of sulfonamides is 1. The number of azo groups is 1. The molecule has 29 heavy (non-hydrogen) atoms. The molecule has 0 aromatic heterocycles. The van der Waals surface area contributed by atoms with Crippen molar-refractivity contribution in [1.29, 1.82) is 5.26 Å². The monoisotopic (exact) mass is 414 g/mol. The molecule has 0 saturated heterocycles. The molecule has 2 aromatic rings. The molecule has 1 N–H and O–H groups in total. The van der Waals surface area contributed by atoms with Crippen LogP contribution in [0.3, 0.4) is 0 Å². The average molecular weight is 414 g/mol. The highest BCUT2D eigenvalue weighted by atomic mass is 32.2. The van der Waals surface area contributed by atoms with E-state index in [4.69, 9.17) is 0 Å². The zero-order chi connectivity index (χ0) is 21.8.